The lowest BCUT2D eigenvalue weighted by atomic mass is 9.75. The molecule has 0 aliphatic carbocycles. The maximum Gasteiger partial charge on any atom is 0.0795 e. The van der Waals surface area contributed by atoms with Crippen LogP contribution in [0.5, 0.6) is 0 Å². The minimum absolute atomic E-state index is 0. The molecule has 0 N–H and O–H groups in total. The van der Waals surface area contributed by atoms with E-state index >= 15 is 0 Å². The molecule has 2 fully saturated rings. The number of hydrogen-bond donors (Lipinski definition) is 0. The Balaban J connectivity index is 0.00000157. The molecule has 3 aromatic rings. The Kier molecular flexibility index (Phi) is 4.34. The summed E-state index contributed by atoms with van der Waals surface area (Å²) < 4.78 is 0. The standard InChI is InChI=1S/C21H21N3.BrH/c1-4-16-5-2-11-22-20(16)18(6-1)19-8-7-17(14-23-19)21-9-3-12-24(15-21)13-10-21;/h1-2,4-8,11,14H,3,9-10,12-13,15H2;1H. The van der Waals surface area contributed by atoms with Gasteiger partial charge in [-0.15, -0.1) is 17.0 Å². The van der Waals surface area contributed by atoms with Crippen molar-refractivity contribution in [2.75, 3.05) is 19.6 Å². The van der Waals surface area contributed by atoms with Crippen LogP contribution in [-0.4, -0.2) is 34.5 Å². The first-order valence-electron chi connectivity index (χ1n) is 8.87. The van der Waals surface area contributed by atoms with Gasteiger partial charge in [-0.05, 0) is 50.0 Å². The first kappa shape index (κ1) is 16.7. The molecule has 2 unspecified atom stereocenters. The highest BCUT2D eigenvalue weighted by molar-refractivity contribution is 8.93. The number of fused-ring (bicyclic) bond motifs is 3. The highest BCUT2D eigenvalue weighted by Gasteiger charge is 2.42. The SMILES string of the molecule is Br.c1cnc2c(-c3ccc(C45CCCN(CC4)C5)cn3)cccc2c1. The first-order chi connectivity index (χ1) is 11.8. The fourth-order valence-corrected chi connectivity index (χ4v) is 4.55. The van der Waals surface area contributed by atoms with Crippen molar-refractivity contribution in [2.45, 2.75) is 24.7 Å². The van der Waals surface area contributed by atoms with E-state index in [2.05, 4.69) is 52.5 Å². The monoisotopic (exact) mass is 395 g/mol. The van der Waals surface area contributed by atoms with Crippen LogP contribution in [0, 0.1) is 0 Å². The molecule has 0 amide bonds. The van der Waals surface area contributed by atoms with Gasteiger partial charge in [-0.25, -0.2) is 0 Å². The fraction of sp³-hybridized carbons (Fsp3) is 0.333. The first-order valence-corrected chi connectivity index (χ1v) is 8.87. The molecule has 2 aliphatic rings. The van der Waals surface area contributed by atoms with Crippen LogP contribution in [0.2, 0.25) is 0 Å². The molecule has 25 heavy (non-hydrogen) atoms. The van der Waals surface area contributed by atoms with Crippen molar-refractivity contribution in [3.8, 4) is 11.3 Å². The lowest BCUT2D eigenvalue weighted by Crippen LogP contribution is -2.36. The molecule has 128 valence electrons. The summed E-state index contributed by atoms with van der Waals surface area (Å²) in [6.45, 7) is 3.73. The van der Waals surface area contributed by atoms with Gasteiger partial charge in [0.2, 0.25) is 0 Å². The molecule has 2 saturated heterocycles. The van der Waals surface area contributed by atoms with E-state index in [0.717, 1.165) is 22.2 Å². The number of halogens is 1. The number of rotatable bonds is 2. The zero-order valence-corrected chi connectivity index (χ0v) is 15.9. The molecule has 3 nitrogen and oxygen atoms in total. The molecule has 0 spiro atoms. The van der Waals surface area contributed by atoms with E-state index in [1.54, 1.807) is 0 Å². The van der Waals surface area contributed by atoms with Crippen LogP contribution in [0.3, 0.4) is 0 Å². The van der Waals surface area contributed by atoms with Gasteiger partial charge in [0.05, 0.1) is 11.2 Å². The summed E-state index contributed by atoms with van der Waals surface area (Å²) >= 11 is 0. The third-order valence-electron chi connectivity index (χ3n) is 5.85. The van der Waals surface area contributed by atoms with E-state index in [1.807, 2.05) is 12.3 Å². The number of aromatic nitrogens is 2. The van der Waals surface area contributed by atoms with Crippen LogP contribution in [0.15, 0.2) is 54.9 Å². The van der Waals surface area contributed by atoms with Crippen LogP contribution < -0.4 is 0 Å². The van der Waals surface area contributed by atoms with E-state index in [-0.39, 0.29) is 17.0 Å². The van der Waals surface area contributed by atoms with Gasteiger partial charge in [0.15, 0.2) is 0 Å². The molecule has 5 rings (SSSR count). The predicted octanol–water partition coefficient (Wildman–Crippen LogP) is 4.61. The minimum Gasteiger partial charge on any atom is -0.302 e. The summed E-state index contributed by atoms with van der Waals surface area (Å²) in [6, 6.07) is 14.9. The van der Waals surface area contributed by atoms with E-state index in [1.165, 1.54) is 44.5 Å². The van der Waals surface area contributed by atoms with Crippen molar-refractivity contribution in [2.24, 2.45) is 0 Å². The number of hydrogen-bond acceptors (Lipinski definition) is 3. The zero-order chi connectivity index (χ0) is 16.0. The molecule has 1 aromatic carbocycles. The summed E-state index contributed by atoms with van der Waals surface area (Å²) in [4.78, 5) is 12.0. The molecule has 2 aliphatic heterocycles. The Morgan fingerprint density at radius 3 is 2.72 bits per heavy atom. The molecule has 4 heteroatoms. The molecule has 2 aromatic heterocycles. The van der Waals surface area contributed by atoms with Crippen LogP contribution in [0.4, 0.5) is 0 Å². The summed E-state index contributed by atoms with van der Waals surface area (Å²) in [5.41, 5.74) is 4.93. The van der Waals surface area contributed by atoms with Crippen LogP contribution >= 0.6 is 17.0 Å². The molecule has 2 atom stereocenters. The smallest absolute Gasteiger partial charge is 0.0795 e. The highest BCUT2D eigenvalue weighted by atomic mass is 79.9. The van der Waals surface area contributed by atoms with Crippen molar-refractivity contribution >= 4 is 27.9 Å². The van der Waals surface area contributed by atoms with Crippen LogP contribution in [0.1, 0.15) is 24.8 Å². The largest absolute Gasteiger partial charge is 0.302 e. The Hall–Kier alpha value is -1.78. The molecule has 4 heterocycles. The molecule has 2 bridgehead atoms. The number of nitrogens with zero attached hydrogens (tertiary/aromatic N) is 3. The van der Waals surface area contributed by atoms with Crippen molar-refractivity contribution < 1.29 is 0 Å². The van der Waals surface area contributed by atoms with Gasteiger partial charge < -0.3 is 4.90 Å². The maximum absolute atomic E-state index is 4.83. The fourth-order valence-electron chi connectivity index (χ4n) is 4.55. The second-order valence-electron chi connectivity index (χ2n) is 7.22. The summed E-state index contributed by atoms with van der Waals surface area (Å²) in [6.07, 6.45) is 7.87. The van der Waals surface area contributed by atoms with E-state index in [0.29, 0.717) is 5.41 Å². The van der Waals surface area contributed by atoms with Crippen LogP contribution in [-0.2, 0) is 5.41 Å². The zero-order valence-electron chi connectivity index (χ0n) is 14.2. The summed E-state index contributed by atoms with van der Waals surface area (Å²) in [7, 11) is 0. The Labute approximate surface area is 158 Å². The highest BCUT2D eigenvalue weighted by Crippen LogP contribution is 2.42. The molecular weight excluding hydrogens is 374 g/mol. The Morgan fingerprint density at radius 1 is 0.920 bits per heavy atom. The maximum atomic E-state index is 4.83. The van der Waals surface area contributed by atoms with E-state index < -0.39 is 0 Å². The van der Waals surface area contributed by atoms with Crippen LogP contribution in [0.25, 0.3) is 22.2 Å². The average Bonchev–Trinajstić information content (AvgIpc) is 2.96. The van der Waals surface area contributed by atoms with Crippen molar-refractivity contribution in [1.29, 1.82) is 0 Å². The lowest BCUT2D eigenvalue weighted by Gasteiger charge is -2.34. The van der Waals surface area contributed by atoms with Gasteiger partial charge in [-0.1, -0.05) is 30.3 Å². The van der Waals surface area contributed by atoms with Gasteiger partial charge in [0.25, 0.3) is 0 Å². The van der Waals surface area contributed by atoms with Crippen molar-refractivity contribution in [3.63, 3.8) is 0 Å². The Bertz CT molecular complexity index is 884. The predicted molar refractivity (Wildman–Crippen MR) is 107 cm³/mol. The van der Waals surface area contributed by atoms with Gasteiger partial charge >= 0.3 is 0 Å². The summed E-state index contributed by atoms with van der Waals surface area (Å²) in [5, 5.41) is 1.16. The van der Waals surface area contributed by atoms with Gasteiger partial charge in [0.1, 0.15) is 0 Å². The van der Waals surface area contributed by atoms with Crippen molar-refractivity contribution in [1.82, 2.24) is 14.9 Å². The topological polar surface area (TPSA) is 29.0 Å². The minimum atomic E-state index is 0. The lowest BCUT2D eigenvalue weighted by molar-refractivity contribution is 0.243. The second kappa shape index (κ2) is 6.50. The third kappa shape index (κ3) is 2.77. The second-order valence-corrected chi connectivity index (χ2v) is 7.22. The normalized spacial score (nSPS) is 24.9. The van der Waals surface area contributed by atoms with Crippen molar-refractivity contribution in [3.05, 3.63) is 60.4 Å². The number of pyridine rings is 2. The molecule has 0 saturated carbocycles. The number of para-hydroxylation sites is 1. The third-order valence-corrected chi connectivity index (χ3v) is 5.85. The van der Waals surface area contributed by atoms with Gasteiger partial charge in [-0.3, -0.25) is 9.97 Å². The Morgan fingerprint density at radius 2 is 1.84 bits per heavy atom. The van der Waals surface area contributed by atoms with Gasteiger partial charge in [0, 0.05) is 35.3 Å². The average molecular weight is 396 g/mol. The van der Waals surface area contributed by atoms with E-state index in [4.69, 9.17) is 4.98 Å². The molecule has 0 radical (unpaired) electrons. The van der Waals surface area contributed by atoms with Gasteiger partial charge in [-0.2, -0.15) is 0 Å². The summed E-state index contributed by atoms with van der Waals surface area (Å²) in [5.74, 6) is 0. The number of benzene rings is 1. The molecular formula is C21H22BrN3. The quantitative estimate of drug-likeness (QED) is 0.634. The number of piperidine rings is 1. The van der Waals surface area contributed by atoms with E-state index in [9.17, 15) is 0 Å².